The summed E-state index contributed by atoms with van der Waals surface area (Å²) in [5.41, 5.74) is 0. The lowest BCUT2D eigenvalue weighted by Crippen LogP contribution is -2.05. The van der Waals surface area contributed by atoms with Crippen LogP contribution in [0.2, 0.25) is 0 Å². The smallest absolute Gasteiger partial charge is 0.418 e. The quantitative estimate of drug-likeness (QED) is 0.589. The first-order valence-electron chi connectivity index (χ1n) is 4.34. The molecule has 2 nitrogen and oxygen atoms in total. The van der Waals surface area contributed by atoms with Crippen molar-refractivity contribution in [2.75, 3.05) is 0 Å². The molecule has 0 aliphatic heterocycles. The zero-order chi connectivity index (χ0) is 11.0. The van der Waals surface area contributed by atoms with E-state index in [1.807, 2.05) is 12.4 Å². The van der Waals surface area contributed by atoms with Crippen molar-refractivity contribution in [2.24, 2.45) is 0 Å². The maximum atomic E-state index is 9.75. The molecular formula is C7H13BF4N2. The number of rotatable bonds is 3. The highest BCUT2D eigenvalue weighted by Gasteiger charge is 2.20. The number of aromatic amines is 2. The van der Waals surface area contributed by atoms with E-state index in [1.165, 1.54) is 18.7 Å². The first-order chi connectivity index (χ1) is 6.43. The van der Waals surface area contributed by atoms with E-state index in [9.17, 15) is 17.3 Å². The SMILES string of the molecule is CCCCc1[nH]cc[nH+]1.F[B-](F)(F)F. The van der Waals surface area contributed by atoms with Crippen LogP contribution < -0.4 is 4.98 Å². The van der Waals surface area contributed by atoms with Gasteiger partial charge in [0.05, 0.1) is 0 Å². The van der Waals surface area contributed by atoms with E-state index in [2.05, 4.69) is 16.9 Å². The maximum absolute atomic E-state index is 9.75. The molecule has 0 saturated heterocycles. The van der Waals surface area contributed by atoms with Crippen molar-refractivity contribution in [1.29, 1.82) is 0 Å². The fraction of sp³-hybridized carbons (Fsp3) is 0.571. The van der Waals surface area contributed by atoms with E-state index in [1.54, 1.807) is 0 Å². The molecule has 0 radical (unpaired) electrons. The Morgan fingerprint density at radius 1 is 1.36 bits per heavy atom. The predicted molar refractivity (Wildman–Crippen MR) is 46.1 cm³/mol. The molecule has 1 aromatic rings. The van der Waals surface area contributed by atoms with Crippen LogP contribution in [-0.2, 0) is 6.42 Å². The van der Waals surface area contributed by atoms with Gasteiger partial charge in [0.2, 0.25) is 0 Å². The molecule has 14 heavy (non-hydrogen) atoms. The molecule has 0 amide bonds. The van der Waals surface area contributed by atoms with Crippen molar-refractivity contribution in [3.05, 3.63) is 18.2 Å². The van der Waals surface area contributed by atoms with Crippen molar-refractivity contribution >= 4 is 7.25 Å². The summed E-state index contributed by atoms with van der Waals surface area (Å²) >= 11 is 0. The largest absolute Gasteiger partial charge is 0.673 e. The Bertz CT molecular complexity index is 216. The Morgan fingerprint density at radius 3 is 2.29 bits per heavy atom. The molecule has 1 aromatic heterocycles. The lowest BCUT2D eigenvalue weighted by atomic mass is 10.2. The van der Waals surface area contributed by atoms with Crippen LogP contribution in [0.5, 0.6) is 0 Å². The predicted octanol–water partition coefficient (Wildman–Crippen LogP) is 2.47. The van der Waals surface area contributed by atoms with Gasteiger partial charge in [0.1, 0.15) is 12.4 Å². The van der Waals surface area contributed by atoms with Crippen molar-refractivity contribution in [1.82, 2.24) is 4.98 Å². The summed E-state index contributed by atoms with van der Waals surface area (Å²) in [7, 11) is -6.00. The van der Waals surface area contributed by atoms with Gasteiger partial charge in [0, 0.05) is 6.42 Å². The second kappa shape index (κ2) is 6.45. The molecule has 0 aliphatic carbocycles. The standard InChI is InChI=1S/C7H12N2.BF4/c1-2-3-4-7-8-5-6-9-7;2-1(3,4)5/h5-6H,2-4H2,1H3,(H,8,9);/q;-1/p+1. The number of hydrogen-bond acceptors (Lipinski definition) is 0. The number of aromatic nitrogens is 2. The molecule has 1 heterocycles. The van der Waals surface area contributed by atoms with Crippen LogP contribution in [0.25, 0.3) is 0 Å². The van der Waals surface area contributed by atoms with Gasteiger partial charge in [-0.15, -0.1) is 0 Å². The summed E-state index contributed by atoms with van der Waals surface area (Å²) < 4.78 is 39.0. The molecule has 7 heteroatoms. The summed E-state index contributed by atoms with van der Waals surface area (Å²) in [4.78, 5) is 6.23. The van der Waals surface area contributed by atoms with Gasteiger partial charge in [0.15, 0.2) is 0 Å². The van der Waals surface area contributed by atoms with Gasteiger partial charge < -0.3 is 17.3 Å². The maximum Gasteiger partial charge on any atom is 0.673 e. The fourth-order valence-electron chi connectivity index (χ4n) is 0.824. The molecule has 82 valence electrons. The van der Waals surface area contributed by atoms with Gasteiger partial charge in [0.25, 0.3) is 5.82 Å². The van der Waals surface area contributed by atoms with Gasteiger partial charge in [-0.3, -0.25) is 0 Å². The van der Waals surface area contributed by atoms with Gasteiger partial charge in [-0.05, 0) is 6.42 Å². The van der Waals surface area contributed by atoms with E-state index in [0.717, 1.165) is 6.42 Å². The third-order valence-electron chi connectivity index (χ3n) is 1.38. The highest BCUT2D eigenvalue weighted by Crippen LogP contribution is 2.06. The molecule has 0 saturated carbocycles. The Morgan fingerprint density at radius 2 is 1.93 bits per heavy atom. The molecule has 0 fully saturated rings. The van der Waals surface area contributed by atoms with Crippen LogP contribution in [0, 0.1) is 0 Å². The van der Waals surface area contributed by atoms with Crippen molar-refractivity contribution in [2.45, 2.75) is 26.2 Å². The van der Waals surface area contributed by atoms with Crippen LogP contribution in [-0.4, -0.2) is 12.2 Å². The lowest BCUT2D eigenvalue weighted by Gasteiger charge is -1.94. The van der Waals surface area contributed by atoms with E-state index in [0.29, 0.717) is 0 Å². The van der Waals surface area contributed by atoms with E-state index in [4.69, 9.17) is 0 Å². The average Bonchev–Trinajstić information content (AvgIpc) is 2.49. The minimum Gasteiger partial charge on any atom is -0.418 e. The number of unbranched alkanes of at least 4 members (excludes halogenated alkanes) is 1. The molecule has 0 aromatic carbocycles. The Kier molecular flexibility index (Phi) is 5.99. The third-order valence-corrected chi connectivity index (χ3v) is 1.38. The van der Waals surface area contributed by atoms with Crippen LogP contribution in [0.4, 0.5) is 17.3 Å². The first kappa shape index (κ1) is 13.0. The molecule has 0 atom stereocenters. The number of nitrogens with one attached hydrogen (secondary N) is 2. The van der Waals surface area contributed by atoms with Gasteiger partial charge >= 0.3 is 7.25 Å². The summed E-state index contributed by atoms with van der Waals surface area (Å²) in [6, 6.07) is 0. The molecule has 0 bridgehead atoms. The summed E-state index contributed by atoms with van der Waals surface area (Å²) in [6.45, 7) is 2.20. The number of halogens is 4. The summed E-state index contributed by atoms with van der Waals surface area (Å²) in [6.07, 6.45) is 7.50. The minimum atomic E-state index is -6.00. The molecule has 2 N–H and O–H groups in total. The molecule has 1 rings (SSSR count). The number of hydrogen-bond donors (Lipinski definition) is 1. The zero-order valence-electron chi connectivity index (χ0n) is 7.87. The highest BCUT2D eigenvalue weighted by molar-refractivity contribution is 6.50. The molecule has 0 spiro atoms. The number of H-pyrrole nitrogens is 2. The Hall–Kier alpha value is -1.01. The Labute approximate surface area is 79.8 Å². The molecular weight excluding hydrogens is 199 g/mol. The van der Waals surface area contributed by atoms with Gasteiger partial charge in [-0.2, -0.15) is 0 Å². The minimum absolute atomic E-state index is 1.14. The van der Waals surface area contributed by atoms with E-state index in [-0.39, 0.29) is 0 Å². The summed E-state index contributed by atoms with van der Waals surface area (Å²) in [5, 5.41) is 0. The van der Waals surface area contributed by atoms with Crippen molar-refractivity contribution < 1.29 is 22.2 Å². The number of imidazole rings is 1. The zero-order valence-corrected chi connectivity index (χ0v) is 7.87. The second-order valence-corrected chi connectivity index (χ2v) is 2.70. The fourth-order valence-corrected chi connectivity index (χ4v) is 0.824. The molecule has 0 aliphatic rings. The van der Waals surface area contributed by atoms with Crippen LogP contribution >= 0.6 is 0 Å². The Balaban J connectivity index is 0.000000292. The topological polar surface area (TPSA) is 29.9 Å². The first-order valence-corrected chi connectivity index (χ1v) is 4.34. The number of aryl methyl sites for hydroxylation is 1. The van der Waals surface area contributed by atoms with Gasteiger partial charge in [-0.25, -0.2) is 9.97 Å². The van der Waals surface area contributed by atoms with Gasteiger partial charge in [-0.1, -0.05) is 13.3 Å². The van der Waals surface area contributed by atoms with Crippen LogP contribution in [0.3, 0.4) is 0 Å². The monoisotopic (exact) mass is 212 g/mol. The third kappa shape index (κ3) is 11.0. The summed E-state index contributed by atoms with van der Waals surface area (Å²) in [5.74, 6) is 1.23. The van der Waals surface area contributed by atoms with E-state index >= 15 is 0 Å². The van der Waals surface area contributed by atoms with Crippen LogP contribution in [0.15, 0.2) is 12.4 Å². The van der Waals surface area contributed by atoms with Crippen molar-refractivity contribution in [3.63, 3.8) is 0 Å². The van der Waals surface area contributed by atoms with Crippen LogP contribution in [0.1, 0.15) is 25.6 Å². The lowest BCUT2D eigenvalue weighted by molar-refractivity contribution is -0.388. The van der Waals surface area contributed by atoms with E-state index < -0.39 is 7.25 Å². The highest BCUT2D eigenvalue weighted by atomic mass is 19.5. The average molecular weight is 212 g/mol. The van der Waals surface area contributed by atoms with Crippen molar-refractivity contribution in [3.8, 4) is 0 Å². The molecule has 0 unspecified atom stereocenters. The second-order valence-electron chi connectivity index (χ2n) is 2.70. The normalized spacial score (nSPS) is 10.6.